The third-order valence-electron chi connectivity index (χ3n) is 26.8. The SMILES string of the molecule is CCc1ccc(S(=O)(=O)N[C@@H]2c3cc(C(=O)NCCCN4CCCCC4C)ccc3OC(C)(C)[C@H]2O)cc1.CCc1ccc(S(=O)(=O)N[C@@H]2c3cc(C(=O)NCCCn4ccnc4)ccc3OC(C)(C)[C@H]2O)cc1.CCc1ccc(S(=O)(=O)N[C@@H]2c3cc(C(=O)NCCc4ccccn4)ccc3OC(C)(C)[C@H]2O)cc1.CCc1ccc(S(=O)(=O)N[C@@H]2c3cc(C(=O)NCCc4cccnc4)ccc3OC(C)(C)[C@H]2O)cc1. The number of sulfonamides is 4. The van der Waals surface area contributed by atoms with E-state index < -0.39 is 111 Å². The predicted octanol–water partition coefficient (Wildman–Crippen LogP) is 12.9. The Bertz CT molecular complexity index is 6610. The molecule has 0 aliphatic carbocycles. The number of aliphatic hydroxyl groups is 4. The highest BCUT2D eigenvalue weighted by molar-refractivity contribution is 7.90. The van der Waals surface area contributed by atoms with Crippen molar-refractivity contribution >= 4 is 63.7 Å². The number of pyridine rings is 2. The Morgan fingerprint density at radius 3 is 1.01 bits per heavy atom. The Morgan fingerprint density at radius 2 is 0.712 bits per heavy atom. The summed E-state index contributed by atoms with van der Waals surface area (Å²) in [7, 11) is -15.8. The number of nitrogens with one attached hydrogen (secondary N) is 8. The number of ether oxygens (including phenoxy) is 4. The Labute approximate surface area is 856 Å². The number of piperidine rings is 1. The molecule has 8 aromatic carbocycles. The maximum atomic E-state index is 13.3. The lowest BCUT2D eigenvalue weighted by molar-refractivity contribution is -0.0603. The molecule has 8 heterocycles. The summed E-state index contributed by atoms with van der Waals surface area (Å²) in [6.07, 6.45) is 15.4. The topological polar surface area (TPSA) is 466 Å². The predicted molar refractivity (Wildman–Crippen MR) is 556 cm³/mol. The molecule has 16 rings (SSSR count). The molecule has 11 aromatic rings. The second-order valence-electron chi connectivity index (χ2n) is 39.1. The van der Waals surface area contributed by atoms with Crippen molar-refractivity contribution in [2.75, 3.05) is 39.3 Å². The number of nitrogens with zero attached hydrogens (tertiary/aromatic N) is 5. The van der Waals surface area contributed by atoms with Crippen LogP contribution in [0.25, 0.3) is 0 Å². The summed E-state index contributed by atoms with van der Waals surface area (Å²) in [5, 5.41) is 55.9. The molecule has 1 unspecified atom stereocenters. The highest BCUT2D eigenvalue weighted by Crippen LogP contribution is 2.46. The molecule has 33 nitrogen and oxygen atoms in total. The van der Waals surface area contributed by atoms with E-state index >= 15 is 0 Å². The largest absolute Gasteiger partial charge is 0.485 e. The summed E-state index contributed by atoms with van der Waals surface area (Å²) in [4.78, 5) is 66.6. The lowest BCUT2D eigenvalue weighted by Gasteiger charge is -2.42. The van der Waals surface area contributed by atoms with Gasteiger partial charge in [0.15, 0.2) is 0 Å². The van der Waals surface area contributed by atoms with Crippen LogP contribution in [0, 0.1) is 0 Å². The highest BCUT2D eigenvalue weighted by atomic mass is 32.2. The van der Waals surface area contributed by atoms with Gasteiger partial charge in [0.1, 0.15) is 69.8 Å². The summed E-state index contributed by atoms with van der Waals surface area (Å²) < 4.78 is 142. The van der Waals surface area contributed by atoms with Crippen molar-refractivity contribution in [2.24, 2.45) is 0 Å². The molecule has 0 saturated carbocycles. The number of benzene rings is 8. The minimum Gasteiger partial charge on any atom is -0.485 e. The molecule has 5 aliphatic heterocycles. The van der Waals surface area contributed by atoms with Crippen molar-refractivity contribution in [1.29, 1.82) is 0 Å². The van der Waals surface area contributed by atoms with E-state index in [4.69, 9.17) is 18.9 Å². The molecule has 0 bridgehead atoms. The van der Waals surface area contributed by atoms with Gasteiger partial charge in [0.2, 0.25) is 40.1 Å². The molecule has 0 radical (unpaired) electrons. The van der Waals surface area contributed by atoms with Crippen LogP contribution in [0.1, 0.15) is 243 Å². The molecule has 780 valence electrons. The highest BCUT2D eigenvalue weighted by Gasteiger charge is 2.50. The van der Waals surface area contributed by atoms with Gasteiger partial charge in [-0.1, -0.05) is 94.8 Å². The van der Waals surface area contributed by atoms with Crippen LogP contribution in [0.15, 0.2) is 257 Å². The minimum absolute atomic E-state index is 0.0983. The fourth-order valence-electron chi connectivity index (χ4n) is 17.8. The molecular weight excluding hydrogens is 1940 g/mol. The number of likely N-dealkylation sites (tertiary alicyclic amines) is 1. The van der Waals surface area contributed by atoms with Gasteiger partial charge in [0, 0.05) is 133 Å². The molecule has 9 atom stereocenters. The average molecular weight is 2080 g/mol. The van der Waals surface area contributed by atoms with E-state index in [0.29, 0.717) is 113 Å². The van der Waals surface area contributed by atoms with Crippen LogP contribution in [0.4, 0.5) is 0 Å². The Kier molecular flexibility index (Phi) is 36.6. The second kappa shape index (κ2) is 48.2. The number of aromatic nitrogens is 4. The first-order valence-corrected chi connectivity index (χ1v) is 55.4. The maximum absolute atomic E-state index is 13.3. The van der Waals surface area contributed by atoms with Gasteiger partial charge >= 0.3 is 0 Å². The minimum atomic E-state index is -3.96. The van der Waals surface area contributed by atoms with Crippen molar-refractivity contribution in [1.82, 2.24) is 64.6 Å². The van der Waals surface area contributed by atoms with Crippen LogP contribution < -0.4 is 59.1 Å². The number of carbonyl (C=O) groups excluding carboxylic acids is 4. The monoisotopic (exact) mass is 2070 g/mol. The Balaban J connectivity index is 0.000000163. The van der Waals surface area contributed by atoms with Crippen molar-refractivity contribution < 1.29 is 92.2 Å². The van der Waals surface area contributed by atoms with E-state index in [9.17, 15) is 73.3 Å². The first kappa shape index (κ1) is 111. The Morgan fingerprint density at radius 1 is 0.377 bits per heavy atom. The van der Waals surface area contributed by atoms with Crippen LogP contribution in [0.3, 0.4) is 0 Å². The fraction of sp³-hybridized carbons (Fsp3) is 0.404. The summed E-state index contributed by atoms with van der Waals surface area (Å²) in [5.74, 6) is 0.509. The average Bonchev–Trinajstić information content (AvgIpc) is 0.864. The van der Waals surface area contributed by atoms with E-state index in [1.54, 1.807) is 256 Å². The molecule has 12 N–H and O–H groups in total. The van der Waals surface area contributed by atoms with Crippen molar-refractivity contribution in [2.45, 2.75) is 264 Å². The molecule has 146 heavy (non-hydrogen) atoms. The van der Waals surface area contributed by atoms with Gasteiger partial charge in [0.25, 0.3) is 23.6 Å². The number of rotatable bonds is 34. The third kappa shape index (κ3) is 28.0. The first-order valence-electron chi connectivity index (χ1n) is 49.4. The number of fused-ring (bicyclic) bond motifs is 4. The van der Waals surface area contributed by atoms with E-state index in [1.165, 1.54) is 19.3 Å². The summed E-state index contributed by atoms with van der Waals surface area (Å²) in [6.45, 7) is 28.4. The number of hydrogen-bond donors (Lipinski definition) is 12. The zero-order valence-corrected chi connectivity index (χ0v) is 87.9. The standard InChI is InChI=1S/C29H41N3O5S.2C27H31N3O5S.C26H32N4O5S/c1-5-21-10-13-23(14-11-21)38(35,36)31-26-24-19-22(12-15-25(24)37-29(3,4)27(26)33)28(34)30-16-8-18-32-17-7-6-9-20(32)2;1-4-18-7-10-21(11-8-18)36(33,34)30-24-22-16-20(9-12-23(22)35-27(2,3)25(24)31)26(32)29-15-13-19-6-5-14-28-17-19;1-4-18-8-11-21(12-9-18)36(33,34)30-24-22-17-19(10-13-23(22)35-27(2,3)25(24)31)26(32)29-16-14-20-7-5-6-15-28-20;1-4-18-6-9-20(10-7-18)36(33,34)29-23-21-16-19(8-11-22(21)35-26(2,3)24(23)31)25(32)28-12-5-14-30-15-13-27-17-30/h10-15,19-20,26-27,31,33H,5-9,16-18H2,1-4H3,(H,30,34);5-12,14,16-17,24-25,30-31H,4,13,15H2,1-3H3,(H,29,32);5-13,15,17,24-25,30-31H,4,14,16H2,1-3H3,(H,29,32);6-11,13,15-17,23-24,29,31H,4-5,12,14H2,1-3H3,(H,28,32)/t20?,26-,27+;2*24-,25+;23-,24+/m1111/s1. The van der Waals surface area contributed by atoms with E-state index in [1.807, 2.05) is 68.8 Å². The van der Waals surface area contributed by atoms with Crippen LogP contribution in [-0.4, -0.2) is 194 Å². The van der Waals surface area contributed by atoms with Gasteiger partial charge in [-0.3, -0.25) is 29.1 Å². The smallest absolute Gasteiger partial charge is 0.251 e. The summed E-state index contributed by atoms with van der Waals surface area (Å²) >= 11 is 0. The van der Waals surface area contributed by atoms with Crippen molar-refractivity contribution in [3.8, 4) is 23.0 Å². The van der Waals surface area contributed by atoms with Gasteiger partial charge < -0.3 is 70.1 Å². The van der Waals surface area contributed by atoms with E-state index in [0.717, 1.165) is 91.7 Å². The van der Waals surface area contributed by atoms with Gasteiger partial charge in [-0.2, -0.15) is 0 Å². The number of amides is 4. The molecular formula is C109H135N13O20S4. The molecule has 1 saturated heterocycles. The quantitative estimate of drug-likeness (QED) is 0.0167. The van der Waals surface area contributed by atoms with Crippen molar-refractivity contribution in [3.63, 3.8) is 0 Å². The molecule has 0 spiro atoms. The molecule has 3 aromatic heterocycles. The molecule has 4 amide bonds. The Hall–Kier alpha value is -12.2. The molecule has 1 fully saturated rings. The number of aryl methyl sites for hydroxylation is 5. The van der Waals surface area contributed by atoms with Gasteiger partial charge in [-0.05, 0) is 294 Å². The van der Waals surface area contributed by atoms with Gasteiger partial charge in [0.05, 0.1) is 50.1 Å². The lowest BCUT2D eigenvalue weighted by Crippen LogP contribution is -2.53. The normalized spacial score (nSPS) is 19.9. The zero-order valence-electron chi connectivity index (χ0n) is 84.6. The number of aliphatic hydroxyl groups excluding tert-OH is 4. The summed E-state index contributed by atoms with van der Waals surface area (Å²) in [5.41, 5.74) is 4.80. The number of hydrogen-bond acceptors (Lipinski definition) is 24. The van der Waals surface area contributed by atoms with Crippen LogP contribution in [0.2, 0.25) is 0 Å². The van der Waals surface area contributed by atoms with Gasteiger partial charge in [-0.15, -0.1) is 0 Å². The first-order chi connectivity index (χ1) is 69.3. The maximum Gasteiger partial charge on any atom is 0.251 e. The summed E-state index contributed by atoms with van der Waals surface area (Å²) in [6, 6.07) is 52.0. The fourth-order valence-corrected chi connectivity index (χ4v) is 22.7. The van der Waals surface area contributed by atoms with Crippen LogP contribution in [0.5, 0.6) is 23.0 Å². The molecule has 37 heteroatoms. The zero-order chi connectivity index (χ0) is 105. The third-order valence-corrected chi connectivity index (χ3v) is 32.7. The van der Waals surface area contributed by atoms with E-state index in [2.05, 4.69) is 66.9 Å². The van der Waals surface area contributed by atoms with Gasteiger partial charge in [-0.25, -0.2) is 57.5 Å². The number of carbonyl (C=O) groups is 4. The van der Waals surface area contributed by atoms with Crippen molar-refractivity contribution in [3.05, 3.63) is 316 Å². The van der Waals surface area contributed by atoms with Crippen LogP contribution >= 0.6 is 0 Å². The van der Waals surface area contributed by atoms with Crippen LogP contribution in [-0.2, 0) is 85.2 Å². The molecule has 5 aliphatic rings. The lowest BCUT2D eigenvalue weighted by atomic mass is 9.86. The number of imidazole rings is 1. The second-order valence-corrected chi connectivity index (χ2v) is 45.9. The van der Waals surface area contributed by atoms with E-state index in [-0.39, 0.29) is 43.2 Å².